The Morgan fingerprint density at radius 2 is 0.513 bits per heavy atom. The van der Waals surface area contributed by atoms with E-state index in [2.05, 4.69) is 154 Å². The molecule has 0 aliphatic rings. The Morgan fingerprint density at radius 3 is 0.803 bits per heavy atom. The van der Waals surface area contributed by atoms with Crippen LogP contribution in [-0.4, -0.2) is 37.2 Å². The minimum Gasteiger partial charge on any atom is -0.462 e. The number of unbranched alkanes of at least 4 members (excludes halogenated alkanes) is 22. The maximum Gasteiger partial charge on any atom is 0.306 e. The molecule has 0 fully saturated rings. The standard InChI is InChI=1S/C70H114O6/c1-4-7-10-13-16-19-21-23-25-27-29-30-31-32-33-34-35-36-37-38-39-40-42-43-45-47-49-51-54-57-60-63-69(72)75-66-67(65-74-68(71)62-59-56-53-18-15-12-9-6-3)76-70(73)64-61-58-55-52-50-48-46-44-41-28-26-24-22-20-17-14-11-8-5-2/h7-8,10-11,16-17,19-20,23-26,29-30,32-33,35-36,38-39,41,44,67H,4-6,9,12-15,18,21-22,27-28,31,34,37,40,42-43,45-66H2,1-3H3/b10-7-,11-8-,19-16-,20-17-,25-23-,26-24-,30-29-,33-32-,36-35-,39-38-,44-41-. The topological polar surface area (TPSA) is 78.9 Å². The van der Waals surface area contributed by atoms with Crippen LogP contribution in [0.2, 0.25) is 0 Å². The van der Waals surface area contributed by atoms with Crippen LogP contribution < -0.4 is 0 Å². The lowest BCUT2D eigenvalue weighted by Gasteiger charge is -2.18. The first-order chi connectivity index (χ1) is 37.5. The summed E-state index contributed by atoms with van der Waals surface area (Å²) in [5.41, 5.74) is 0. The van der Waals surface area contributed by atoms with E-state index in [9.17, 15) is 14.4 Å². The van der Waals surface area contributed by atoms with E-state index >= 15 is 0 Å². The predicted octanol–water partition coefficient (Wildman–Crippen LogP) is 21.4. The number of esters is 3. The average Bonchev–Trinajstić information content (AvgIpc) is 3.42. The molecule has 1 atom stereocenters. The summed E-state index contributed by atoms with van der Waals surface area (Å²) < 4.78 is 16.8. The van der Waals surface area contributed by atoms with Gasteiger partial charge < -0.3 is 14.2 Å². The minimum absolute atomic E-state index is 0.0874. The van der Waals surface area contributed by atoms with Gasteiger partial charge in [-0.15, -0.1) is 0 Å². The molecule has 0 saturated heterocycles. The van der Waals surface area contributed by atoms with E-state index in [-0.39, 0.29) is 31.1 Å². The molecule has 0 rings (SSSR count). The lowest BCUT2D eigenvalue weighted by Crippen LogP contribution is -2.30. The Kier molecular flexibility index (Phi) is 59.4. The quantitative estimate of drug-likeness (QED) is 0.0261. The number of hydrogen-bond acceptors (Lipinski definition) is 6. The van der Waals surface area contributed by atoms with Gasteiger partial charge in [-0.3, -0.25) is 14.4 Å². The first kappa shape index (κ1) is 71.5. The molecular formula is C70H114O6. The highest BCUT2D eigenvalue weighted by Gasteiger charge is 2.19. The summed E-state index contributed by atoms with van der Waals surface area (Å²) in [6.45, 7) is 6.37. The smallest absolute Gasteiger partial charge is 0.306 e. The molecule has 0 aromatic rings. The number of hydrogen-bond donors (Lipinski definition) is 0. The molecule has 0 aliphatic heterocycles. The third kappa shape index (κ3) is 60.4. The second-order valence-corrected chi connectivity index (χ2v) is 20.2. The molecule has 0 aromatic heterocycles. The van der Waals surface area contributed by atoms with Crippen molar-refractivity contribution < 1.29 is 28.6 Å². The minimum atomic E-state index is -0.790. The van der Waals surface area contributed by atoms with Gasteiger partial charge >= 0.3 is 17.9 Å². The van der Waals surface area contributed by atoms with Crippen molar-refractivity contribution in [2.75, 3.05) is 13.2 Å². The number of ether oxygens (including phenoxy) is 3. The predicted molar refractivity (Wildman–Crippen MR) is 329 cm³/mol. The normalized spacial score (nSPS) is 13.0. The largest absolute Gasteiger partial charge is 0.462 e. The summed E-state index contributed by atoms with van der Waals surface area (Å²) in [7, 11) is 0. The highest BCUT2D eigenvalue weighted by atomic mass is 16.6. The third-order valence-electron chi connectivity index (χ3n) is 12.9. The van der Waals surface area contributed by atoms with E-state index in [1.165, 1.54) is 83.5 Å². The first-order valence-corrected chi connectivity index (χ1v) is 31.2. The maximum atomic E-state index is 12.9. The van der Waals surface area contributed by atoms with Gasteiger partial charge in [0.15, 0.2) is 6.10 Å². The molecule has 0 saturated carbocycles. The lowest BCUT2D eigenvalue weighted by molar-refractivity contribution is -0.167. The molecule has 430 valence electrons. The molecule has 0 heterocycles. The van der Waals surface area contributed by atoms with Gasteiger partial charge in [0.25, 0.3) is 0 Å². The average molecular weight is 1050 g/mol. The van der Waals surface area contributed by atoms with Crippen LogP contribution in [0.4, 0.5) is 0 Å². The molecular weight excluding hydrogens is 937 g/mol. The van der Waals surface area contributed by atoms with E-state index in [0.29, 0.717) is 19.3 Å². The molecule has 1 unspecified atom stereocenters. The molecule has 76 heavy (non-hydrogen) atoms. The van der Waals surface area contributed by atoms with Gasteiger partial charge in [0.05, 0.1) is 0 Å². The van der Waals surface area contributed by atoms with E-state index in [0.717, 1.165) is 148 Å². The third-order valence-corrected chi connectivity index (χ3v) is 12.9. The Bertz CT molecular complexity index is 1630. The monoisotopic (exact) mass is 1050 g/mol. The second-order valence-electron chi connectivity index (χ2n) is 20.2. The number of allylic oxidation sites excluding steroid dienone is 22. The zero-order valence-corrected chi connectivity index (χ0v) is 49.2. The van der Waals surface area contributed by atoms with E-state index in [1.54, 1.807) is 0 Å². The van der Waals surface area contributed by atoms with Crippen molar-refractivity contribution in [3.05, 3.63) is 134 Å². The Balaban J connectivity index is 4.22. The number of carbonyl (C=O) groups is 3. The maximum absolute atomic E-state index is 12.9. The van der Waals surface area contributed by atoms with Gasteiger partial charge in [-0.25, -0.2) is 0 Å². The van der Waals surface area contributed by atoms with E-state index < -0.39 is 6.10 Å². The summed E-state index contributed by atoms with van der Waals surface area (Å²) in [6.07, 6.45) is 88.9. The summed E-state index contributed by atoms with van der Waals surface area (Å²) in [4.78, 5) is 38.1. The Labute approximate surface area is 468 Å². The fraction of sp³-hybridized carbons (Fsp3) is 0.643. The van der Waals surface area contributed by atoms with Gasteiger partial charge in [0.2, 0.25) is 0 Å². The van der Waals surface area contributed by atoms with Gasteiger partial charge in [-0.2, -0.15) is 0 Å². The SMILES string of the molecule is CC/C=C\C/C=C\C/C=C\C/C=C\C/C=C\C/C=C\C/C=C\CCCCCCCCCCCC(=O)OCC(COC(=O)CCCCCCCCCC)OC(=O)CCCCCCCC/C=C\C/C=C\C/C=C\C/C=C\CC. The van der Waals surface area contributed by atoms with Gasteiger partial charge in [0, 0.05) is 19.3 Å². The van der Waals surface area contributed by atoms with Crippen molar-refractivity contribution in [1.29, 1.82) is 0 Å². The molecule has 0 spiro atoms. The summed E-state index contributed by atoms with van der Waals surface area (Å²) >= 11 is 0. The summed E-state index contributed by atoms with van der Waals surface area (Å²) in [6, 6.07) is 0. The van der Waals surface area contributed by atoms with E-state index in [1.807, 2.05) is 0 Å². The van der Waals surface area contributed by atoms with Crippen molar-refractivity contribution in [3.63, 3.8) is 0 Å². The fourth-order valence-corrected chi connectivity index (χ4v) is 8.30. The zero-order chi connectivity index (χ0) is 55.0. The Morgan fingerprint density at radius 1 is 0.276 bits per heavy atom. The molecule has 0 bridgehead atoms. The molecule has 0 radical (unpaired) electrons. The van der Waals surface area contributed by atoms with Crippen LogP contribution >= 0.6 is 0 Å². The summed E-state index contributed by atoms with van der Waals surface area (Å²) in [5.74, 6) is -0.912. The molecule has 6 heteroatoms. The van der Waals surface area contributed by atoms with Crippen molar-refractivity contribution in [2.24, 2.45) is 0 Å². The molecule has 0 aromatic carbocycles. The Hall–Kier alpha value is -4.45. The van der Waals surface area contributed by atoms with Crippen molar-refractivity contribution in [2.45, 2.75) is 277 Å². The van der Waals surface area contributed by atoms with Gasteiger partial charge in [-0.1, -0.05) is 270 Å². The first-order valence-electron chi connectivity index (χ1n) is 31.2. The summed E-state index contributed by atoms with van der Waals surface area (Å²) in [5, 5.41) is 0. The molecule has 6 nitrogen and oxygen atoms in total. The van der Waals surface area contributed by atoms with Crippen LogP contribution in [0, 0.1) is 0 Å². The fourth-order valence-electron chi connectivity index (χ4n) is 8.30. The van der Waals surface area contributed by atoms with Crippen LogP contribution in [0.5, 0.6) is 0 Å². The molecule has 0 amide bonds. The van der Waals surface area contributed by atoms with Crippen molar-refractivity contribution in [3.8, 4) is 0 Å². The molecule has 0 aliphatic carbocycles. The number of carbonyl (C=O) groups excluding carboxylic acids is 3. The zero-order valence-electron chi connectivity index (χ0n) is 49.2. The highest BCUT2D eigenvalue weighted by molar-refractivity contribution is 5.71. The van der Waals surface area contributed by atoms with Crippen LogP contribution in [0.25, 0.3) is 0 Å². The van der Waals surface area contributed by atoms with Crippen molar-refractivity contribution in [1.82, 2.24) is 0 Å². The van der Waals surface area contributed by atoms with E-state index in [4.69, 9.17) is 14.2 Å². The highest BCUT2D eigenvalue weighted by Crippen LogP contribution is 2.15. The van der Waals surface area contributed by atoms with Crippen LogP contribution in [0.3, 0.4) is 0 Å². The van der Waals surface area contributed by atoms with Crippen LogP contribution in [0.15, 0.2) is 134 Å². The lowest BCUT2D eigenvalue weighted by atomic mass is 10.1. The van der Waals surface area contributed by atoms with Crippen molar-refractivity contribution >= 4 is 17.9 Å². The second kappa shape index (κ2) is 63.1. The van der Waals surface area contributed by atoms with Crippen LogP contribution in [0.1, 0.15) is 271 Å². The molecule has 0 N–H and O–H groups in total. The van der Waals surface area contributed by atoms with Gasteiger partial charge in [-0.05, 0) is 116 Å². The number of rotatable bonds is 55. The van der Waals surface area contributed by atoms with Crippen LogP contribution in [-0.2, 0) is 28.6 Å². The van der Waals surface area contributed by atoms with Gasteiger partial charge in [0.1, 0.15) is 13.2 Å².